The molecule has 0 aliphatic heterocycles. The zero-order valence-electron chi connectivity index (χ0n) is 15.1. The second kappa shape index (κ2) is 8.00. The second-order valence-electron chi connectivity index (χ2n) is 6.89. The van der Waals surface area contributed by atoms with E-state index < -0.39 is 23.6 Å². The van der Waals surface area contributed by atoms with Crippen LogP contribution in [0.2, 0.25) is 0 Å². The summed E-state index contributed by atoms with van der Waals surface area (Å²) < 4.78 is 29.0. The summed E-state index contributed by atoms with van der Waals surface area (Å²) in [6, 6.07) is 10.6. The van der Waals surface area contributed by atoms with Gasteiger partial charge in [0.1, 0.15) is 0 Å². The van der Waals surface area contributed by atoms with Gasteiger partial charge in [-0.15, -0.1) is 5.10 Å². The summed E-state index contributed by atoms with van der Waals surface area (Å²) in [5, 5.41) is 21.0. The summed E-state index contributed by atoms with van der Waals surface area (Å²) in [7, 11) is 0. The number of carbonyl (C=O) groups excluding carboxylic acids is 1. The number of nitrogens with one attached hydrogen (secondary N) is 1. The van der Waals surface area contributed by atoms with Crippen LogP contribution in [-0.2, 0) is 0 Å². The molecule has 29 heavy (non-hydrogen) atoms. The van der Waals surface area contributed by atoms with Crippen LogP contribution in [0.25, 0.3) is 5.69 Å². The molecule has 6 nitrogen and oxygen atoms in total. The minimum absolute atomic E-state index is 0.168. The molecule has 3 aromatic rings. The monoisotopic (exact) mass is 462 g/mol. The van der Waals surface area contributed by atoms with Crippen LogP contribution >= 0.6 is 15.9 Å². The van der Waals surface area contributed by atoms with Crippen molar-refractivity contribution in [1.29, 1.82) is 0 Å². The second-order valence-corrected chi connectivity index (χ2v) is 7.80. The summed E-state index contributed by atoms with van der Waals surface area (Å²) in [6.45, 7) is -0.168. The molecule has 2 aromatic carbocycles. The fourth-order valence-electron chi connectivity index (χ4n) is 3.06. The van der Waals surface area contributed by atoms with Gasteiger partial charge >= 0.3 is 0 Å². The number of aromatic nitrogens is 3. The average molecular weight is 463 g/mol. The van der Waals surface area contributed by atoms with E-state index in [4.69, 9.17) is 0 Å². The highest BCUT2D eigenvalue weighted by atomic mass is 79.9. The number of aliphatic hydroxyl groups excluding tert-OH is 1. The van der Waals surface area contributed by atoms with E-state index in [1.807, 2.05) is 24.3 Å². The minimum atomic E-state index is -1.18. The van der Waals surface area contributed by atoms with Crippen LogP contribution in [0.4, 0.5) is 8.78 Å². The quantitative estimate of drug-likeness (QED) is 0.585. The highest BCUT2D eigenvalue weighted by Crippen LogP contribution is 2.42. The molecule has 1 aromatic heterocycles. The Morgan fingerprint density at radius 2 is 1.93 bits per heavy atom. The normalized spacial score (nSPS) is 14.6. The molecule has 0 spiro atoms. The minimum Gasteiger partial charge on any atom is -0.387 e. The number of amides is 1. The van der Waals surface area contributed by atoms with Gasteiger partial charge in [-0.05, 0) is 54.8 Å². The third-order valence-corrected chi connectivity index (χ3v) is 5.27. The zero-order valence-corrected chi connectivity index (χ0v) is 16.7. The Morgan fingerprint density at radius 1 is 1.21 bits per heavy atom. The van der Waals surface area contributed by atoms with Gasteiger partial charge in [-0.3, -0.25) is 4.79 Å². The lowest BCUT2D eigenvalue weighted by atomic mass is 10.1. The number of carbonyl (C=O) groups is 1. The number of hydrogen-bond acceptors (Lipinski definition) is 4. The molecule has 9 heteroatoms. The molecule has 1 aliphatic rings. The van der Waals surface area contributed by atoms with E-state index in [0.717, 1.165) is 40.8 Å². The summed E-state index contributed by atoms with van der Waals surface area (Å²) in [4.78, 5) is 12.7. The summed E-state index contributed by atoms with van der Waals surface area (Å²) in [6.07, 6.45) is 0.712. The molecule has 2 N–H and O–H groups in total. The SMILES string of the molecule is O=C(NCC(O)c1ccc(F)c(F)c1)c1nnn(-c2ccc(Br)cc2)c1C1CC1. The van der Waals surface area contributed by atoms with E-state index in [1.165, 1.54) is 6.07 Å². The lowest BCUT2D eigenvalue weighted by molar-refractivity contribution is 0.0910. The van der Waals surface area contributed by atoms with E-state index in [0.29, 0.717) is 0 Å². The molecule has 150 valence electrons. The van der Waals surface area contributed by atoms with Crippen LogP contribution in [-0.4, -0.2) is 32.6 Å². The molecule has 0 radical (unpaired) electrons. The van der Waals surface area contributed by atoms with Crippen LogP contribution in [0.15, 0.2) is 46.9 Å². The number of rotatable bonds is 6. The third kappa shape index (κ3) is 4.20. The van der Waals surface area contributed by atoms with Crippen molar-refractivity contribution in [3.8, 4) is 5.69 Å². The molecule has 1 amide bonds. The third-order valence-electron chi connectivity index (χ3n) is 4.74. The zero-order chi connectivity index (χ0) is 20.5. The largest absolute Gasteiger partial charge is 0.387 e. The first-order valence-corrected chi connectivity index (χ1v) is 9.86. The van der Waals surface area contributed by atoms with Crippen molar-refractivity contribution in [3.63, 3.8) is 0 Å². The number of halogens is 3. The Hall–Kier alpha value is -2.65. The molecular formula is C20H17BrF2N4O2. The summed E-state index contributed by atoms with van der Waals surface area (Å²) in [5.74, 6) is -2.33. The highest BCUT2D eigenvalue weighted by molar-refractivity contribution is 9.10. The van der Waals surface area contributed by atoms with Crippen molar-refractivity contribution in [2.75, 3.05) is 6.54 Å². The first-order chi connectivity index (χ1) is 13.9. The van der Waals surface area contributed by atoms with Gasteiger partial charge in [0.05, 0.1) is 17.5 Å². The molecule has 0 saturated heterocycles. The van der Waals surface area contributed by atoms with E-state index in [2.05, 4.69) is 31.6 Å². The van der Waals surface area contributed by atoms with Crippen LogP contribution in [0.5, 0.6) is 0 Å². The standard InChI is InChI=1S/C20H17BrF2N4O2/c21-13-4-6-14(7-5-13)27-19(11-1-2-11)18(25-26-27)20(29)24-10-17(28)12-3-8-15(22)16(23)9-12/h3-9,11,17,28H,1-2,10H2,(H,24,29). The van der Waals surface area contributed by atoms with E-state index in [-0.39, 0.29) is 23.7 Å². The predicted octanol–water partition coefficient (Wildman–Crippen LogP) is 3.65. The molecular weight excluding hydrogens is 446 g/mol. The Morgan fingerprint density at radius 3 is 2.59 bits per heavy atom. The molecule has 1 aliphatic carbocycles. The van der Waals surface area contributed by atoms with Crippen LogP contribution < -0.4 is 5.32 Å². The molecule has 4 rings (SSSR count). The summed E-state index contributed by atoms with van der Waals surface area (Å²) >= 11 is 3.39. The molecule has 1 unspecified atom stereocenters. The van der Waals surface area contributed by atoms with Crippen molar-refractivity contribution in [2.24, 2.45) is 0 Å². The van der Waals surface area contributed by atoms with E-state index >= 15 is 0 Å². The smallest absolute Gasteiger partial charge is 0.273 e. The maximum Gasteiger partial charge on any atom is 0.273 e. The van der Waals surface area contributed by atoms with Crippen LogP contribution in [0.3, 0.4) is 0 Å². The number of aliphatic hydroxyl groups is 1. The number of nitrogens with zero attached hydrogens (tertiary/aromatic N) is 3. The van der Waals surface area contributed by atoms with Gasteiger partial charge in [-0.1, -0.05) is 27.2 Å². The lowest BCUT2D eigenvalue weighted by Crippen LogP contribution is -2.29. The fraction of sp³-hybridized carbons (Fsp3) is 0.250. The highest BCUT2D eigenvalue weighted by Gasteiger charge is 2.34. The Balaban J connectivity index is 1.51. The topological polar surface area (TPSA) is 80.0 Å². The van der Waals surface area contributed by atoms with Gasteiger partial charge in [-0.25, -0.2) is 13.5 Å². The first-order valence-electron chi connectivity index (χ1n) is 9.07. The van der Waals surface area contributed by atoms with Crippen molar-refractivity contribution in [3.05, 3.63) is 75.5 Å². The van der Waals surface area contributed by atoms with Gasteiger partial charge in [0.25, 0.3) is 5.91 Å². The fourth-order valence-corrected chi connectivity index (χ4v) is 3.32. The number of benzene rings is 2. The van der Waals surface area contributed by atoms with Gasteiger partial charge in [-0.2, -0.15) is 0 Å². The maximum absolute atomic E-state index is 13.3. The van der Waals surface area contributed by atoms with E-state index in [9.17, 15) is 18.7 Å². The molecule has 0 bridgehead atoms. The van der Waals surface area contributed by atoms with Crippen LogP contribution in [0.1, 0.15) is 46.6 Å². The van der Waals surface area contributed by atoms with Crippen molar-refractivity contribution in [2.45, 2.75) is 24.9 Å². The average Bonchev–Trinajstić information content (AvgIpc) is 3.46. The predicted molar refractivity (Wildman–Crippen MR) is 105 cm³/mol. The molecule has 1 saturated carbocycles. The molecule has 1 heterocycles. The van der Waals surface area contributed by atoms with Crippen molar-refractivity contribution in [1.82, 2.24) is 20.3 Å². The lowest BCUT2D eigenvalue weighted by Gasteiger charge is -2.12. The summed E-state index contributed by atoms with van der Waals surface area (Å²) in [5.41, 5.74) is 1.90. The van der Waals surface area contributed by atoms with Gasteiger partial charge in [0.15, 0.2) is 17.3 Å². The van der Waals surface area contributed by atoms with E-state index in [1.54, 1.807) is 4.68 Å². The Bertz CT molecular complexity index is 1050. The Kier molecular flexibility index (Phi) is 5.42. The molecule has 1 atom stereocenters. The first kappa shape index (κ1) is 19.7. The van der Waals surface area contributed by atoms with Crippen LogP contribution in [0, 0.1) is 11.6 Å². The van der Waals surface area contributed by atoms with Crippen molar-refractivity contribution < 1.29 is 18.7 Å². The maximum atomic E-state index is 13.3. The number of hydrogen-bond donors (Lipinski definition) is 2. The van der Waals surface area contributed by atoms with Gasteiger partial charge in [0.2, 0.25) is 0 Å². The van der Waals surface area contributed by atoms with Gasteiger partial charge in [0, 0.05) is 16.9 Å². The van der Waals surface area contributed by atoms with Gasteiger partial charge < -0.3 is 10.4 Å². The van der Waals surface area contributed by atoms with Crippen molar-refractivity contribution >= 4 is 21.8 Å². The molecule has 1 fully saturated rings. The Labute approximate surface area is 173 Å².